The van der Waals surface area contributed by atoms with Gasteiger partial charge in [-0.1, -0.05) is 0 Å². The molecule has 0 spiro atoms. The molecule has 6 nitrogen and oxygen atoms in total. The Morgan fingerprint density at radius 1 is 1.29 bits per heavy atom. The largest absolute Gasteiger partial charge is 0.586 e. The monoisotopic (exact) mass is 339 g/mol. The normalized spacial score (nSPS) is 23.7. The highest BCUT2D eigenvalue weighted by molar-refractivity contribution is 8.14. The quantitative estimate of drug-likeness (QED) is 0.767. The molecule has 0 N–H and O–H groups in total. The SMILES string of the molecule is O=C1CC(S(=O)(=O)Cl)CN1c1ccc2c(c1)OC(F)(F)O2. The van der Waals surface area contributed by atoms with E-state index in [1.54, 1.807) is 0 Å². The van der Waals surface area contributed by atoms with Gasteiger partial charge in [0.15, 0.2) is 11.5 Å². The van der Waals surface area contributed by atoms with Crippen LogP contribution in [0.1, 0.15) is 6.42 Å². The van der Waals surface area contributed by atoms with Crippen molar-refractivity contribution in [1.82, 2.24) is 0 Å². The standard InChI is InChI=1S/C11H8ClF2NO5S/c12-21(17,18)7-4-10(16)15(5-7)6-1-2-8-9(3-6)20-11(13,14)19-8/h1-3,7H,4-5H2. The summed E-state index contributed by atoms with van der Waals surface area (Å²) in [6.45, 7) is -0.138. The second-order valence-corrected chi connectivity index (χ2v) is 7.51. The Morgan fingerprint density at radius 2 is 1.95 bits per heavy atom. The highest BCUT2D eigenvalue weighted by Gasteiger charge is 2.44. The summed E-state index contributed by atoms with van der Waals surface area (Å²) < 4.78 is 56.9. The third-order valence-electron chi connectivity index (χ3n) is 3.18. The number of anilines is 1. The Hall–Kier alpha value is -1.61. The Balaban J connectivity index is 1.88. The Bertz CT molecular complexity index is 723. The van der Waals surface area contributed by atoms with E-state index in [1.165, 1.54) is 18.2 Å². The summed E-state index contributed by atoms with van der Waals surface area (Å²) in [6, 6.07) is 3.78. The number of fused-ring (bicyclic) bond motifs is 1. The lowest BCUT2D eigenvalue weighted by Crippen LogP contribution is -2.26. The van der Waals surface area contributed by atoms with Crippen LogP contribution in [0.25, 0.3) is 0 Å². The maximum Gasteiger partial charge on any atom is 0.586 e. The minimum atomic E-state index is -3.87. The molecule has 10 heteroatoms. The number of ether oxygens (including phenoxy) is 2. The van der Waals surface area contributed by atoms with Gasteiger partial charge in [0.1, 0.15) is 5.25 Å². The number of rotatable bonds is 2. The zero-order chi connectivity index (χ0) is 15.4. The number of carbonyl (C=O) groups excluding carboxylic acids is 1. The molecular formula is C11H8ClF2NO5S. The van der Waals surface area contributed by atoms with Gasteiger partial charge in [-0.15, -0.1) is 8.78 Å². The van der Waals surface area contributed by atoms with E-state index in [0.717, 1.165) is 4.90 Å². The van der Waals surface area contributed by atoms with Crippen LogP contribution in [0.15, 0.2) is 18.2 Å². The van der Waals surface area contributed by atoms with Crippen LogP contribution in [0.5, 0.6) is 11.5 Å². The van der Waals surface area contributed by atoms with Crippen LogP contribution >= 0.6 is 10.7 Å². The number of carbonyl (C=O) groups is 1. The Kier molecular flexibility index (Phi) is 3.03. The summed E-state index contributed by atoms with van der Waals surface area (Å²) in [5, 5.41) is -1.03. The fraction of sp³-hybridized carbons (Fsp3) is 0.364. The molecule has 21 heavy (non-hydrogen) atoms. The summed E-state index contributed by atoms with van der Waals surface area (Å²) in [5.41, 5.74) is 0.239. The summed E-state index contributed by atoms with van der Waals surface area (Å²) in [5.74, 6) is -0.839. The second-order valence-electron chi connectivity index (χ2n) is 4.60. The molecule has 1 aromatic rings. The van der Waals surface area contributed by atoms with Crippen molar-refractivity contribution >= 4 is 31.3 Å². The molecule has 2 aliphatic rings. The number of hydrogen-bond acceptors (Lipinski definition) is 5. The van der Waals surface area contributed by atoms with Crippen molar-refractivity contribution in [3.63, 3.8) is 0 Å². The topological polar surface area (TPSA) is 72.9 Å². The van der Waals surface area contributed by atoms with Crippen molar-refractivity contribution in [2.75, 3.05) is 11.4 Å². The molecule has 1 fully saturated rings. The van der Waals surface area contributed by atoms with Crippen LogP contribution in [0, 0.1) is 0 Å². The summed E-state index contributed by atoms with van der Waals surface area (Å²) in [7, 11) is 1.37. The molecule has 0 aromatic heterocycles. The van der Waals surface area contributed by atoms with Gasteiger partial charge in [0, 0.05) is 35.4 Å². The van der Waals surface area contributed by atoms with Gasteiger partial charge in [0.25, 0.3) is 0 Å². The van der Waals surface area contributed by atoms with E-state index < -0.39 is 26.5 Å². The zero-order valence-corrected chi connectivity index (χ0v) is 11.8. The average Bonchev–Trinajstić information content (AvgIpc) is 2.85. The van der Waals surface area contributed by atoms with Crippen molar-refractivity contribution < 1.29 is 31.5 Å². The van der Waals surface area contributed by atoms with Crippen molar-refractivity contribution in [2.45, 2.75) is 18.0 Å². The first-order valence-electron chi connectivity index (χ1n) is 5.79. The van der Waals surface area contributed by atoms with Crippen molar-refractivity contribution in [1.29, 1.82) is 0 Å². The number of halogens is 3. The van der Waals surface area contributed by atoms with Crippen molar-refractivity contribution in [2.24, 2.45) is 0 Å². The molecule has 1 amide bonds. The molecule has 0 aliphatic carbocycles. The van der Waals surface area contributed by atoms with Crippen LogP contribution in [-0.4, -0.2) is 32.4 Å². The van der Waals surface area contributed by atoms with Crippen molar-refractivity contribution in [3.05, 3.63) is 18.2 Å². The van der Waals surface area contributed by atoms with Gasteiger partial charge in [0.05, 0.1) is 0 Å². The van der Waals surface area contributed by atoms with Crippen LogP contribution in [-0.2, 0) is 13.8 Å². The van der Waals surface area contributed by atoms with Gasteiger partial charge in [-0.05, 0) is 12.1 Å². The van der Waals surface area contributed by atoms with Gasteiger partial charge in [-0.3, -0.25) is 4.79 Å². The summed E-state index contributed by atoms with van der Waals surface area (Å²) in [4.78, 5) is 13.0. The summed E-state index contributed by atoms with van der Waals surface area (Å²) >= 11 is 0. The molecule has 0 radical (unpaired) electrons. The molecule has 2 aliphatic heterocycles. The first kappa shape index (κ1) is 14.3. The number of amides is 1. The van der Waals surface area contributed by atoms with E-state index in [1.807, 2.05) is 0 Å². The predicted molar refractivity (Wildman–Crippen MR) is 68.2 cm³/mol. The van der Waals surface area contributed by atoms with E-state index in [4.69, 9.17) is 10.7 Å². The van der Waals surface area contributed by atoms with Crippen molar-refractivity contribution in [3.8, 4) is 11.5 Å². The third-order valence-corrected chi connectivity index (χ3v) is 5.05. The van der Waals surface area contributed by atoms with Gasteiger partial charge in [-0.25, -0.2) is 8.42 Å². The highest BCUT2D eigenvalue weighted by Crippen LogP contribution is 2.43. The van der Waals surface area contributed by atoms with E-state index in [9.17, 15) is 22.0 Å². The maximum absolute atomic E-state index is 12.9. The fourth-order valence-corrected chi connectivity index (χ4v) is 3.25. The maximum atomic E-state index is 12.9. The van der Waals surface area contributed by atoms with Crippen LogP contribution in [0.4, 0.5) is 14.5 Å². The van der Waals surface area contributed by atoms with Gasteiger partial charge in [-0.2, -0.15) is 0 Å². The van der Waals surface area contributed by atoms with Crippen LogP contribution < -0.4 is 14.4 Å². The smallest absolute Gasteiger partial charge is 0.395 e. The van der Waals surface area contributed by atoms with E-state index in [2.05, 4.69) is 9.47 Å². The van der Waals surface area contributed by atoms with Gasteiger partial charge in [0.2, 0.25) is 15.0 Å². The summed E-state index contributed by atoms with van der Waals surface area (Å²) in [6.07, 6.45) is -4.01. The first-order chi connectivity index (χ1) is 9.66. The molecule has 1 aromatic carbocycles. The molecule has 1 atom stereocenters. The number of benzene rings is 1. The minimum absolute atomic E-state index is 0.138. The van der Waals surface area contributed by atoms with E-state index in [-0.39, 0.29) is 30.2 Å². The fourth-order valence-electron chi connectivity index (χ4n) is 2.22. The first-order valence-corrected chi connectivity index (χ1v) is 8.17. The Morgan fingerprint density at radius 3 is 2.57 bits per heavy atom. The zero-order valence-electron chi connectivity index (χ0n) is 10.3. The molecule has 1 saturated heterocycles. The predicted octanol–water partition coefficient (Wildman–Crippen LogP) is 1.68. The van der Waals surface area contributed by atoms with Crippen LogP contribution in [0.2, 0.25) is 0 Å². The molecule has 0 saturated carbocycles. The lowest BCUT2D eigenvalue weighted by atomic mass is 10.2. The van der Waals surface area contributed by atoms with E-state index in [0.29, 0.717) is 0 Å². The molecule has 1 unspecified atom stereocenters. The Labute approximate surface area is 122 Å². The lowest BCUT2D eigenvalue weighted by Gasteiger charge is -2.16. The molecular weight excluding hydrogens is 332 g/mol. The number of alkyl halides is 2. The average molecular weight is 340 g/mol. The highest BCUT2D eigenvalue weighted by atomic mass is 35.7. The van der Waals surface area contributed by atoms with Crippen LogP contribution in [0.3, 0.4) is 0 Å². The molecule has 2 heterocycles. The van der Waals surface area contributed by atoms with Gasteiger partial charge < -0.3 is 14.4 Å². The number of hydrogen-bond donors (Lipinski definition) is 0. The van der Waals surface area contributed by atoms with Gasteiger partial charge >= 0.3 is 6.29 Å². The number of nitrogens with zero attached hydrogens (tertiary/aromatic N) is 1. The van der Waals surface area contributed by atoms with E-state index >= 15 is 0 Å². The second kappa shape index (κ2) is 4.44. The third kappa shape index (κ3) is 2.62. The molecule has 3 rings (SSSR count). The molecule has 114 valence electrons. The minimum Gasteiger partial charge on any atom is -0.395 e. The lowest BCUT2D eigenvalue weighted by molar-refractivity contribution is -0.286. The molecule has 0 bridgehead atoms.